The van der Waals surface area contributed by atoms with Crippen LogP contribution < -0.4 is 21.9 Å². The molecule has 1 atom stereocenters. The lowest BCUT2D eigenvalue weighted by atomic mass is 10.1. The van der Waals surface area contributed by atoms with E-state index in [9.17, 15) is 4.79 Å². The minimum absolute atomic E-state index is 0.0310. The van der Waals surface area contributed by atoms with E-state index in [1.54, 1.807) is 36.0 Å². The van der Waals surface area contributed by atoms with Gasteiger partial charge in [-0.25, -0.2) is 0 Å². The number of nitrogen functional groups attached to an aromatic ring is 1. The monoisotopic (exact) mass is 519 g/mol. The molecule has 0 saturated carbocycles. The number of benzene rings is 1. The lowest BCUT2D eigenvalue weighted by Crippen LogP contribution is -2.51. The van der Waals surface area contributed by atoms with Crippen LogP contribution in [-0.4, -0.2) is 58.2 Å². The van der Waals surface area contributed by atoms with Gasteiger partial charge in [-0.1, -0.05) is 47.1 Å². The molecule has 1 aliphatic heterocycles. The molecule has 11 heteroatoms. The summed E-state index contributed by atoms with van der Waals surface area (Å²) in [7, 11) is 1.71. The zero-order chi connectivity index (χ0) is 24.2. The molecule has 1 unspecified atom stereocenters. The Labute approximate surface area is 212 Å². The van der Waals surface area contributed by atoms with E-state index in [0.717, 1.165) is 44.7 Å². The maximum atomic E-state index is 13.1. The molecule has 3 aromatic rings. The van der Waals surface area contributed by atoms with Gasteiger partial charge in [-0.15, -0.1) is 0 Å². The molecule has 0 aliphatic carbocycles. The number of hydrogen-bond acceptors (Lipinski definition) is 8. The van der Waals surface area contributed by atoms with E-state index in [1.807, 2.05) is 18.3 Å². The summed E-state index contributed by atoms with van der Waals surface area (Å²) < 4.78 is 1.54. The predicted molar refractivity (Wildman–Crippen MR) is 139 cm³/mol. The summed E-state index contributed by atoms with van der Waals surface area (Å²) in [4.78, 5) is 27.3. The van der Waals surface area contributed by atoms with Crippen LogP contribution in [0, 0.1) is 0 Å². The molecule has 1 aromatic carbocycles. The van der Waals surface area contributed by atoms with Gasteiger partial charge < -0.3 is 16.4 Å². The van der Waals surface area contributed by atoms with Crippen LogP contribution in [0.4, 0.5) is 11.8 Å². The fraction of sp³-hybridized carbons (Fsp3) is 0.348. The fourth-order valence-corrected chi connectivity index (χ4v) is 5.40. The highest BCUT2D eigenvalue weighted by Gasteiger charge is 2.24. The van der Waals surface area contributed by atoms with Crippen LogP contribution in [0.3, 0.4) is 0 Å². The number of anilines is 2. The molecule has 2 aromatic heterocycles. The van der Waals surface area contributed by atoms with E-state index in [0.29, 0.717) is 25.8 Å². The number of nitrogens with two attached hydrogens (primary N) is 2. The first-order chi connectivity index (χ1) is 16.3. The third kappa shape index (κ3) is 5.67. The van der Waals surface area contributed by atoms with Gasteiger partial charge in [0.05, 0.1) is 10.0 Å². The van der Waals surface area contributed by atoms with Crippen molar-refractivity contribution in [3.63, 3.8) is 0 Å². The molecule has 180 valence electrons. The highest BCUT2D eigenvalue weighted by atomic mass is 35.5. The molecule has 8 nitrogen and oxygen atoms in total. The Kier molecular flexibility index (Phi) is 8.00. The van der Waals surface area contributed by atoms with Crippen molar-refractivity contribution < 1.29 is 0 Å². The van der Waals surface area contributed by atoms with E-state index < -0.39 is 0 Å². The van der Waals surface area contributed by atoms with Crippen LogP contribution in [0.2, 0.25) is 10.0 Å². The number of hydrogen-bond donors (Lipinski definition) is 2. The number of piperazine rings is 1. The summed E-state index contributed by atoms with van der Waals surface area (Å²) >= 11 is 13.6. The van der Waals surface area contributed by atoms with Gasteiger partial charge in [0.15, 0.2) is 0 Å². The topological polar surface area (TPSA) is 106 Å². The molecule has 0 amide bonds. The normalized spacial score (nSPS) is 15.5. The molecule has 1 fully saturated rings. The number of aromatic nitrogens is 3. The first-order valence-electron chi connectivity index (χ1n) is 10.9. The van der Waals surface area contributed by atoms with Gasteiger partial charge in [-0.05, 0) is 30.2 Å². The summed E-state index contributed by atoms with van der Waals surface area (Å²) in [6.07, 6.45) is 4.41. The summed E-state index contributed by atoms with van der Waals surface area (Å²) in [6.45, 7) is 3.90. The second-order valence-electron chi connectivity index (χ2n) is 8.26. The molecule has 1 saturated heterocycles. The van der Waals surface area contributed by atoms with E-state index in [4.69, 9.17) is 34.7 Å². The summed E-state index contributed by atoms with van der Waals surface area (Å²) in [5.74, 6) is 0.739. The molecule has 4 N–H and O–H groups in total. The zero-order valence-electron chi connectivity index (χ0n) is 18.8. The van der Waals surface area contributed by atoms with Crippen LogP contribution in [0.1, 0.15) is 5.56 Å². The Balaban J connectivity index is 1.41. The second kappa shape index (κ2) is 11.0. The first-order valence-corrected chi connectivity index (χ1v) is 12.5. The SMILES string of the molecule is Cn1c(N2CCN(CC(N)Cc3cccnc3)CC2)nc(N)c(Sc2cccc(Cl)c2Cl)c1=O. The third-order valence-electron chi connectivity index (χ3n) is 5.75. The van der Waals surface area contributed by atoms with Gasteiger partial charge in [0, 0.05) is 63.1 Å². The van der Waals surface area contributed by atoms with Crippen molar-refractivity contribution in [3.8, 4) is 0 Å². The zero-order valence-corrected chi connectivity index (χ0v) is 21.2. The maximum Gasteiger partial charge on any atom is 0.270 e. The van der Waals surface area contributed by atoms with Crippen LogP contribution in [0.25, 0.3) is 0 Å². The molecule has 1 aliphatic rings. The van der Waals surface area contributed by atoms with Gasteiger partial charge in [-0.2, -0.15) is 4.98 Å². The average Bonchev–Trinajstić information content (AvgIpc) is 2.83. The Morgan fingerprint density at radius 3 is 2.62 bits per heavy atom. The van der Waals surface area contributed by atoms with Crippen molar-refractivity contribution in [2.75, 3.05) is 43.4 Å². The Morgan fingerprint density at radius 2 is 1.91 bits per heavy atom. The smallest absolute Gasteiger partial charge is 0.270 e. The number of halogens is 2. The van der Waals surface area contributed by atoms with Crippen molar-refractivity contribution in [2.45, 2.75) is 22.3 Å². The summed E-state index contributed by atoms with van der Waals surface area (Å²) in [5, 5.41) is 0.808. The highest BCUT2D eigenvalue weighted by molar-refractivity contribution is 7.99. The summed E-state index contributed by atoms with van der Waals surface area (Å²) in [5.41, 5.74) is 13.5. The molecule has 4 rings (SSSR count). The Hall–Kier alpha value is -2.30. The maximum absolute atomic E-state index is 13.1. The van der Waals surface area contributed by atoms with Crippen molar-refractivity contribution in [2.24, 2.45) is 12.8 Å². The molecule has 34 heavy (non-hydrogen) atoms. The lowest BCUT2D eigenvalue weighted by Gasteiger charge is -2.37. The van der Waals surface area contributed by atoms with Crippen LogP contribution >= 0.6 is 35.0 Å². The van der Waals surface area contributed by atoms with E-state index >= 15 is 0 Å². The minimum atomic E-state index is -0.218. The average molecular weight is 520 g/mol. The molecular formula is C23H27Cl2N7OS. The van der Waals surface area contributed by atoms with Crippen molar-refractivity contribution >= 4 is 46.7 Å². The molecule has 3 heterocycles. The van der Waals surface area contributed by atoms with Crippen LogP contribution in [-0.2, 0) is 13.5 Å². The molecule has 0 radical (unpaired) electrons. The van der Waals surface area contributed by atoms with E-state index in [1.165, 1.54) is 11.8 Å². The number of pyridine rings is 1. The minimum Gasteiger partial charge on any atom is -0.382 e. The van der Waals surface area contributed by atoms with E-state index in [-0.39, 0.29) is 17.4 Å². The van der Waals surface area contributed by atoms with Crippen molar-refractivity contribution in [1.29, 1.82) is 0 Å². The first kappa shape index (κ1) is 24.8. The second-order valence-corrected chi connectivity index (χ2v) is 10.1. The van der Waals surface area contributed by atoms with Crippen molar-refractivity contribution in [1.82, 2.24) is 19.4 Å². The van der Waals surface area contributed by atoms with Gasteiger partial charge in [-0.3, -0.25) is 19.2 Å². The molecular weight excluding hydrogens is 493 g/mol. The molecule has 0 bridgehead atoms. The van der Waals surface area contributed by atoms with Gasteiger partial charge in [0.1, 0.15) is 10.7 Å². The van der Waals surface area contributed by atoms with Crippen molar-refractivity contribution in [3.05, 3.63) is 68.7 Å². The Morgan fingerprint density at radius 1 is 1.15 bits per heavy atom. The van der Waals surface area contributed by atoms with Crippen LogP contribution in [0.15, 0.2) is 57.3 Å². The fourth-order valence-electron chi connectivity index (χ4n) is 3.99. The largest absolute Gasteiger partial charge is 0.382 e. The summed E-state index contributed by atoms with van der Waals surface area (Å²) in [6, 6.07) is 9.28. The van der Waals surface area contributed by atoms with E-state index in [2.05, 4.69) is 19.8 Å². The number of nitrogens with zero attached hydrogens (tertiary/aromatic N) is 5. The lowest BCUT2D eigenvalue weighted by molar-refractivity contribution is 0.240. The van der Waals surface area contributed by atoms with Crippen LogP contribution in [0.5, 0.6) is 0 Å². The quantitative estimate of drug-likeness (QED) is 0.490. The predicted octanol–water partition coefficient (Wildman–Crippen LogP) is 2.91. The standard InChI is InChI=1S/C23H27Cl2N7OS/c1-30-22(33)20(34-18-6-2-5-17(24)19(18)25)21(27)29-23(30)32-10-8-31(9-11-32)14-16(26)12-15-4-3-7-28-13-15/h2-7,13,16H,8-12,14,26-27H2,1H3. The van der Waals surface area contributed by atoms with Gasteiger partial charge >= 0.3 is 0 Å². The van der Waals surface area contributed by atoms with Gasteiger partial charge in [0.2, 0.25) is 5.95 Å². The molecule has 0 spiro atoms. The van der Waals surface area contributed by atoms with Gasteiger partial charge in [0.25, 0.3) is 5.56 Å². The third-order valence-corrected chi connectivity index (χ3v) is 7.83. The number of rotatable bonds is 7. The highest BCUT2D eigenvalue weighted by Crippen LogP contribution is 2.37. The Bertz CT molecular complexity index is 1200.